The van der Waals surface area contributed by atoms with Crippen LogP contribution in [0.5, 0.6) is 5.75 Å². The van der Waals surface area contributed by atoms with Crippen molar-refractivity contribution in [3.8, 4) is 17.0 Å². The Balaban J connectivity index is 1.50. The van der Waals surface area contributed by atoms with Crippen LogP contribution in [0.3, 0.4) is 0 Å². The van der Waals surface area contributed by atoms with Crippen molar-refractivity contribution in [1.82, 2.24) is 19.4 Å². The highest BCUT2D eigenvalue weighted by Gasteiger charge is 2.28. The van der Waals surface area contributed by atoms with E-state index in [1.807, 2.05) is 45.5 Å². The number of hydrogen-bond acceptors (Lipinski definition) is 8. The Morgan fingerprint density at radius 1 is 1.22 bits per heavy atom. The lowest BCUT2D eigenvalue weighted by Crippen LogP contribution is -2.45. The molecule has 0 saturated carbocycles. The molecule has 1 fully saturated rings. The Kier molecular flexibility index (Phi) is 6.66. The summed E-state index contributed by atoms with van der Waals surface area (Å²) in [4.78, 5) is 25.1. The second-order valence-corrected chi connectivity index (χ2v) is 9.57. The van der Waals surface area contributed by atoms with Crippen molar-refractivity contribution < 1.29 is 9.66 Å². The number of nitro groups is 1. The van der Waals surface area contributed by atoms with Crippen LogP contribution in [0.1, 0.15) is 12.8 Å². The van der Waals surface area contributed by atoms with E-state index in [1.165, 1.54) is 6.07 Å². The summed E-state index contributed by atoms with van der Waals surface area (Å²) in [5.74, 6) is 0.822. The molecule has 0 aliphatic carbocycles. The van der Waals surface area contributed by atoms with Gasteiger partial charge in [0.2, 0.25) is 5.95 Å². The van der Waals surface area contributed by atoms with E-state index in [1.54, 1.807) is 19.4 Å². The van der Waals surface area contributed by atoms with Crippen LogP contribution in [0.15, 0.2) is 54.9 Å². The predicted octanol–water partition coefficient (Wildman–Crippen LogP) is 4.83. The molecule has 1 saturated heterocycles. The van der Waals surface area contributed by atoms with Crippen LogP contribution >= 0.6 is 0 Å². The maximum absolute atomic E-state index is 12.1. The van der Waals surface area contributed by atoms with Crippen molar-refractivity contribution in [3.05, 3.63) is 65.0 Å². The van der Waals surface area contributed by atoms with Gasteiger partial charge >= 0.3 is 0 Å². The van der Waals surface area contributed by atoms with Gasteiger partial charge < -0.3 is 24.4 Å². The molecule has 5 rings (SSSR count). The van der Waals surface area contributed by atoms with Gasteiger partial charge in [0.1, 0.15) is 11.4 Å². The summed E-state index contributed by atoms with van der Waals surface area (Å²) in [7, 11) is 7.65. The number of benzene rings is 2. The number of nitro benzene ring substituents is 1. The Morgan fingerprint density at radius 3 is 2.78 bits per heavy atom. The number of rotatable bonds is 7. The zero-order valence-electron chi connectivity index (χ0n) is 21.5. The number of ether oxygens (including phenoxy) is 1. The smallest absolute Gasteiger partial charge is 0.294 e. The van der Waals surface area contributed by atoms with Crippen molar-refractivity contribution >= 4 is 33.9 Å². The molecule has 4 aromatic rings. The van der Waals surface area contributed by atoms with Crippen LogP contribution in [0.2, 0.25) is 0 Å². The van der Waals surface area contributed by atoms with Gasteiger partial charge in [0.05, 0.1) is 23.4 Å². The Hall–Kier alpha value is -4.18. The van der Waals surface area contributed by atoms with Crippen molar-refractivity contribution in [2.75, 3.05) is 44.5 Å². The number of aryl methyl sites for hydroxylation is 1. The molecule has 0 bridgehead atoms. The second-order valence-electron chi connectivity index (χ2n) is 9.57. The average molecular weight is 502 g/mol. The van der Waals surface area contributed by atoms with E-state index < -0.39 is 0 Å². The number of hydrogen-bond donors (Lipinski definition) is 1. The summed E-state index contributed by atoms with van der Waals surface area (Å²) >= 11 is 0. The van der Waals surface area contributed by atoms with Crippen molar-refractivity contribution in [2.24, 2.45) is 7.05 Å². The van der Waals surface area contributed by atoms with E-state index in [-0.39, 0.29) is 10.6 Å². The third kappa shape index (κ3) is 4.79. The number of aromatic nitrogens is 3. The van der Waals surface area contributed by atoms with Gasteiger partial charge in [-0.1, -0.05) is 18.2 Å². The zero-order chi connectivity index (χ0) is 26.1. The van der Waals surface area contributed by atoms with Gasteiger partial charge in [-0.3, -0.25) is 10.1 Å². The molecular formula is C27H31N7O3. The molecule has 3 heterocycles. The van der Waals surface area contributed by atoms with Crippen LogP contribution in [0.25, 0.3) is 22.2 Å². The predicted molar refractivity (Wildman–Crippen MR) is 146 cm³/mol. The molecule has 10 heteroatoms. The number of nitrogens with one attached hydrogen (secondary N) is 1. The van der Waals surface area contributed by atoms with Gasteiger partial charge in [0.25, 0.3) is 5.69 Å². The Morgan fingerprint density at radius 2 is 2.03 bits per heavy atom. The largest absolute Gasteiger partial charge is 0.494 e. The maximum Gasteiger partial charge on any atom is 0.294 e. The number of anilines is 3. The number of fused-ring (bicyclic) bond motifs is 1. The van der Waals surface area contributed by atoms with E-state index in [4.69, 9.17) is 9.72 Å². The first-order chi connectivity index (χ1) is 17.9. The average Bonchev–Trinajstić information content (AvgIpc) is 3.25. The van der Waals surface area contributed by atoms with E-state index >= 15 is 0 Å². The zero-order valence-corrected chi connectivity index (χ0v) is 21.5. The molecule has 1 unspecified atom stereocenters. The van der Waals surface area contributed by atoms with E-state index in [2.05, 4.69) is 36.8 Å². The summed E-state index contributed by atoms with van der Waals surface area (Å²) in [5, 5.41) is 16.4. The summed E-state index contributed by atoms with van der Waals surface area (Å²) in [6.45, 7) is 1.48. The minimum absolute atomic E-state index is 0.0212. The molecule has 0 amide bonds. The molecule has 2 aromatic heterocycles. The van der Waals surface area contributed by atoms with Crippen LogP contribution in [0.4, 0.5) is 23.0 Å². The van der Waals surface area contributed by atoms with Gasteiger partial charge in [-0.25, -0.2) is 9.97 Å². The monoisotopic (exact) mass is 501 g/mol. The molecule has 1 atom stereocenters. The summed E-state index contributed by atoms with van der Waals surface area (Å²) in [5.41, 5.74) is 3.86. The van der Waals surface area contributed by atoms with Crippen LogP contribution < -0.4 is 15.0 Å². The highest BCUT2D eigenvalue weighted by molar-refractivity contribution is 5.95. The van der Waals surface area contributed by atoms with Gasteiger partial charge in [0.15, 0.2) is 0 Å². The first-order valence-electron chi connectivity index (χ1n) is 12.3. The van der Waals surface area contributed by atoms with Crippen LogP contribution in [0, 0.1) is 10.1 Å². The third-order valence-electron chi connectivity index (χ3n) is 7.04. The Labute approximate surface area is 215 Å². The minimum atomic E-state index is -0.341. The molecule has 0 radical (unpaired) electrons. The molecule has 37 heavy (non-hydrogen) atoms. The fraction of sp³-hybridized carbons (Fsp3) is 0.333. The normalized spacial score (nSPS) is 15.8. The minimum Gasteiger partial charge on any atom is -0.494 e. The van der Waals surface area contributed by atoms with Crippen LogP contribution in [-0.4, -0.2) is 64.7 Å². The van der Waals surface area contributed by atoms with Crippen molar-refractivity contribution in [3.63, 3.8) is 0 Å². The number of nitrogens with zero attached hydrogens (tertiary/aromatic N) is 6. The third-order valence-corrected chi connectivity index (χ3v) is 7.04. The van der Waals surface area contributed by atoms with Gasteiger partial charge in [-0.2, -0.15) is 0 Å². The summed E-state index contributed by atoms with van der Waals surface area (Å²) < 4.78 is 7.71. The molecule has 1 aliphatic rings. The maximum atomic E-state index is 12.1. The topological polar surface area (TPSA) is 102 Å². The number of likely N-dealkylation sites (N-methyl/N-ethyl adjacent to an activating group) is 1. The van der Waals surface area contributed by atoms with E-state index in [0.29, 0.717) is 29.1 Å². The van der Waals surface area contributed by atoms with Crippen LogP contribution in [-0.2, 0) is 7.05 Å². The van der Waals surface area contributed by atoms with Crippen molar-refractivity contribution in [2.45, 2.75) is 18.9 Å². The van der Waals surface area contributed by atoms with Gasteiger partial charge in [0, 0.05) is 67.2 Å². The van der Waals surface area contributed by atoms with Gasteiger partial charge in [-0.05, 0) is 39.1 Å². The summed E-state index contributed by atoms with van der Waals surface area (Å²) in [6, 6.07) is 13.6. The van der Waals surface area contributed by atoms with Gasteiger partial charge in [-0.15, -0.1) is 0 Å². The molecular weight excluding hydrogens is 470 g/mol. The first kappa shape index (κ1) is 24.5. The molecule has 0 spiro atoms. The lowest BCUT2D eigenvalue weighted by Gasteiger charge is -2.37. The highest BCUT2D eigenvalue weighted by Crippen LogP contribution is 2.40. The molecule has 10 nitrogen and oxygen atoms in total. The lowest BCUT2D eigenvalue weighted by molar-refractivity contribution is -0.384. The SMILES string of the molecule is COc1cc(N2CCCC(N(C)C)C2)c([N+](=O)[O-])cc1Nc1nccc(-c2cn(C)c3ccccc23)n1. The second kappa shape index (κ2) is 10.1. The molecule has 2 aromatic carbocycles. The van der Waals surface area contributed by atoms with Crippen molar-refractivity contribution in [1.29, 1.82) is 0 Å². The quantitative estimate of drug-likeness (QED) is 0.284. The summed E-state index contributed by atoms with van der Waals surface area (Å²) in [6.07, 6.45) is 5.75. The highest BCUT2D eigenvalue weighted by atomic mass is 16.6. The number of piperidine rings is 1. The van der Waals surface area contributed by atoms with E-state index in [0.717, 1.165) is 48.1 Å². The number of para-hydroxylation sites is 1. The Bertz CT molecular complexity index is 1450. The molecule has 1 N–H and O–H groups in total. The fourth-order valence-electron chi connectivity index (χ4n) is 5.05. The van der Waals surface area contributed by atoms with E-state index in [9.17, 15) is 10.1 Å². The first-order valence-corrected chi connectivity index (χ1v) is 12.3. The number of methoxy groups -OCH3 is 1. The molecule has 1 aliphatic heterocycles. The molecule has 192 valence electrons. The fourth-order valence-corrected chi connectivity index (χ4v) is 5.05. The lowest BCUT2D eigenvalue weighted by atomic mass is 10.0. The standard InChI is InChI=1S/C27H31N7O3/c1-31(2)18-8-7-13-33(16-18)24-15-26(37-4)22(14-25(24)34(35)36)30-27-28-12-11-21(29-27)20-17-32(3)23-10-6-5-9-19(20)23/h5-6,9-12,14-15,17-18H,7-8,13,16H2,1-4H3,(H,28,29,30).